The van der Waals surface area contributed by atoms with Crippen molar-refractivity contribution < 1.29 is 9.53 Å². The molecule has 0 bridgehead atoms. The van der Waals surface area contributed by atoms with Crippen molar-refractivity contribution in [1.29, 1.82) is 0 Å². The molecule has 0 unspecified atom stereocenters. The van der Waals surface area contributed by atoms with E-state index in [1.165, 1.54) is 12.4 Å². The Morgan fingerprint density at radius 2 is 2.10 bits per heavy atom. The van der Waals surface area contributed by atoms with Gasteiger partial charge in [-0.25, -0.2) is 9.97 Å². The zero-order valence-corrected chi connectivity index (χ0v) is 12.2. The minimum atomic E-state index is -0.288. The molecule has 0 aliphatic rings. The highest BCUT2D eigenvalue weighted by Crippen LogP contribution is 2.23. The Hall–Kier alpha value is -2.18. The number of anilines is 2. The van der Waals surface area contributed by atoms with Crippen molar-refractivity contribution in [2.75, 3.05) is 25.6 Å². The van der Waals surface area contributed by atoms with Crippen molar-refractivity contribution >= 4 is 29.0 Å². The Morgan fingerprint density at radius 3 is 2.76 bits per heavy atom. The van der Waals surface area contributed by atoms with Gasteiger partial charge in [0, 0.05) is 13.7 Å². The van der Waals surface area contributed by atoms with E-state index in [-0.39, 0.29) is 11.6 Å². The summed E-state index contributed by atoms with van der Waals surface area (Å²) in [7, 11) is 1.57. The lowest BCUT2D eigenvalue weighted by Gasteiger charge is -2.07. The van der Waals surface area contributed by atoms with Crippen LogP contribution in [0.2, 0.25) is 5.02 Å². The molecule has 21 heavy (non-hydrogen) atoms. The predicted molar refractivity (Wildman–Crippen MR) is 81.0 cm³/mol. The van der Waals surface area contributed by atoms with Gasteiger partial charge < -0.3 is 15.4 Å². The molecule has 0 aliphatic heterocycles. The fraction of sp³-hybridized carbons (Fsp3) is 0.214. The fourth-order valence-corrected chi connectivity index (χ4v) is 1.75. The molecule has 1 aromatic heterocycles. The predicted octanol–water partition coefficient (Wildman–Crippen LogP) is 2.25. The Labute approximate surface area is 127 Å². The van der Waals surface area contributed by atoms with Crippen LogP contribution in [0.4, 0.5) is 11.5 Å². The molecule has 0 aliphatic carbocycles. The average Bonchev–Trinajstić information content (AvgIpc) is 2.50. The molecule has 0 saturated heterocycles. The van der Waals surface area contributed by atoms with Gasteiger partial charge in [-0.3, -0.25) is 4.79 Å². The van der Waals surface area contributed by atoms with Crippen LogP contribution in [-0.2, 0) is 4.74 Å². The first-order valence-electron chi connectivity index (χ1n) is 6.31. The molecule has 2 aromatic rings. The molecule has 0 spiro atoms. The summed E-state index contributed by atoms with van der Waals surface area (Å²) in [6.45, 7) is 0.877. The SMILES string of the molecule is COCCNC(=O)c1cnc(Nc2ccccc2Cl)cn1. The van der Waals surface area contributed by atoms with E-state index < -0.39 is 0 Å². The molecule has 7 heteroatoms. The summed E-state index contributed by atoms with van der Waals surface area (Å²) in [6, 6.07) is 7.30. The van der Waals surface area contributed by atoms with Gasteiger partial charge >= 0.3 is 0 Å². The van der Waals surface area contributed by atoms with Gasteiger partial charge in [-0.2, -0.15) is 0 Å². The second-order valence-corrected chi connectivity index (χ2v) is 4.55. The number of carbonyl (C=O) groups excluding carboxylic acids is 1. The summed E-state index contributed by atoms with van der Waals surface area (Å²) >= 11 is 6.04. The molecule has 1 amide bonds. The number of nitrogens with one attached hydrogen (secondary N) is 2. The van der Waals surface area contributed by atoms with Crippen LogP contribution in [0, 0.1) is 0 Å². The molecular formula is C14H15ClN4O2. The first kappa shape index (κ1) is 15.2. The molecule has 1 heterocycles. The van der Waals surface area contributed by atoms with Gasteiger partial charge in [-0.15, -0.1) is 0 Å². The van der Waals surface area contributed by atoms with Crippen molar-refractivity contribution in [3.63, 3.8) is 0 Å². The van der Waals surface area contributed by atoms with E-state index in [2.05, 4.69) is 20.6 Å². The molecule has 2 rings (SSSR count). The number of hydrogen-bond donors (Lipinski definition) is 2. The number of nitrogens with zero attached hydrogens (tertiary/aromatic N) is 2. The lowest BCUT2D eigenvalue weighted by Crippen LogP contribution is -2.27. The number of para-hydroxylation sites is 1. The number of aromatic nitrogens is 2. The van der Waals surface area contributed by atoms with E-state index in [9.17, 15) is 4.79 Å². The second-order valence-electron chi connectivity index (χ2n) is 4.14. The summed E-state index contributed by atoms with van der Waals surface area (Å²) in [5, 5.41) is 6.29. The van der Waals surface area contributed by atoms with Gasteiger partial charge in [0.1, 0.15) is 11.5 Å². The minimum absolute atomic E-state index is 0.246. The number of carbonyl (C=O) groups is 1. The number of methoxy groups -OCH3 is 1. The Balaban J connectivity index is 1.99. The number of ether oxygens (including phenoxy) is 1. The van der Waals surface area contributed by atoms with Crippen molar-refractivity contribution in [3.05, 3.63) is 47.4 Å². The number of hydrogen-bond acceptors (Lipinski definition) is 5. The molecule has 1 aromatic carbocycles. The monoisotopic (exact) mass is 306 g/mol. The first-order chi connectivity index (χ1) is 10.2. The van der Waals surface area contributed by atoms with Crippen LogP contribution in [0.1, 0.15) is 10.5 Å². The number of benzene rings is 1. The zero-order valence-electron chi connectivity index (χ0n) is 11.5. The van der Waals surface area contributed by atoms with E-state index in [0.717, 1.165) is 5.69 Å². The van der Waals surface area contributed by atoms with Crippen LogP contribution >= 0.6 is 11.6 Å². The molecule has 0 fully saturated rings. The summed E-state index contributed by atoms with van der Waals surface area (Å²) in [5.41, 5.74) is 0.974. The Kier molecular flexibility index (Phi) is 5.48. The van der Waals surface area contributed by atoms with Crippen LogP contribution < -0.4 is 10.6 Å². The second kappa shape index (κ2) is 7.56. The molecule has 0 atom stereocenters. The van der Waals surface area contributed by atoms with Gasteiger partial charge in [0.25, 0.3) is 5.91 Å². The fourth-order valence-electron chi connectivity index (χ4n) is 1.57. The lowest BCUT2D eigenvalue weighted by atomic mass is 10.3. The van der Waals surface area contributed by atoms with Crippen LogP contribution in [0.3, 0.4) is 0 Å². The third-order valence-electron chi connectivity index (χ3n) is 2.61. The highest BCUT2D eigenvalue weighted by atomic mass is 35.5. The maximum absolute atomic E-state index is 11.7. The summed E-state index contributed by atoms with van der Waals surface area (Å²) in [4.78, 5) is 19.9. The molecule has 0 saturated carbocycles. The highest BCUT2D eigenvalue weighted by molar-refractivity contribution is 6.33. The van der Waals surface area contributed by atoms with E-state index >= 15 is 0 Å². The Bertz CT molecular complexity index is 604. The van der Waals surface area contributed by atoms with Crippen molar-refractivity contribution in [3.8, 4) is 0 Å². The first-order valence-corrected chi connectivity index (χ1v) is 6.69. The van der Waals surface area contributed by atoms with E-state index in [4.69, 9.17) is 16.3 Å². The maximum atomic E-state index is 11.7. The van der Waals surface area contributed by atoms with Gasteiger partial charge in [0.15, 0.2) is 0 Å². The highest BCUT2D eigenvalue weighted by Gasteiger charge is 2.07. The lowest BCUT2D eigenvalue weighted by molar-refractivity contribution is 0.0932. The number of rotatable bonds is 6. The van der Waals surface area contributed by atoms with Crippen molar-refractivity contribution in [2.24, 2.45) is 0 Å². The molecule has 2 N–H and O–H groups in total. The van der Waals surface area contributed by atoms with Gasteiger partial charge in [0.2, 0.25) is 0 Å². The minimum Gasteiger partial charge on any atom is -0.383 e. The standard InChI is InChI=1S/C14H15ClN4O2/c1-21-7-6-16-14(20)12-8-18-13(9-17-12)19-11-5-3-2-4-10(11)15/h2-5,8-9H,6-7H2,1H3,(H,16,20)(H,18,19). The summed E-state index contributed by atoms with van der Waals surface area (Å²) in [5.74, 6) is 0.223. The molecular weight excluding hydrogens is 292 g/mol. The quantitative estimate of drug-likeness (QED) is 0.801. The van der Waals surface area contributed by atoms with Crippen LogP contribution in [0.5, 0.6) is 0 Å². The number of amides is 1. The van der Waals surface area contributed by atoms with Gasteiger partial charge in [-0.05, 0) is 12.1 Å². The van der Waals surface area contributed by atoms with Crippen molar-refractivity contribution in [2.45, 2.75) is 0 Å². The van der Waals surface area contributed by atoms with E-state index in [1.807, 2.05) is 18.2 Å². The normalized spacial score (nSPS) is 10.2. The molecule has 110 valence electrons. The van der Waals surface area contributed by atoms with Crippen molar-refractivity contribution in [1.82, 2.24) is 15.3 Å². The van der Waals surface area contributed by atoms with Crippen LogP contribution in [-0.4, -0.2) is 36.1 Å². The van der Waals surface area contributed by atoms with Crippen LogP contribution in [0.25, 0.3) is 0 Å². The van der Waals surface area contributed by atoms with E-state index in [1.54, 1.807) is 13.2 Å². The molecule has 0 radical (unpaired) electrons. The Morgan fingerprint density at radius 1 is 1.29 bits per heavy atom. The van der Waals surface area contributed by atoms with Gasteiger partial charge in [0.05, 0.1) is 29.7 Å². The maximum Gasteiger partial charge on any atom is 0.271 e. The molecule has 6 nitrogen and oxygen atoms in total. The number of halogens is 1. The summed E-state index contributed by atoms with van der Waals surface area (Å²) in [6.07, 6.45) is 2.88. The van der Waals surface area contributed by atoms with Crippen LogP contribution in [0.15, 0.2) is 36.7 Å². The van der Waals surface area contributed by atoms with E-state index in [0.29, 0.717) is 24.0 Å². The smallest absolute Gasteiger partial charge is 0.271 e. The largest absolute Gasteiger partial charge is 0.383 e. The average molecular weight is 307 g/mol. The third kappa shape index (κ3) is 4.40. The van der Waals surface area contributed by atoms with Gasteiger partial charge in [-0.1, -0.05) is 23.7 Å². The third-order valence-corrected chi connectivity index (χ3v) is 2.94. The zero-order chi connectivity index (χ0) is 15.1. The summed E-state index contributed by atoms with van der Waals surface area (Å²) < 4.78 is 4.85. The topological polar surface area (TPSA) is 76.1 Å².